The van der Waals surface area contributed by atoms with Crippen LogP contribution in [-0.4, -0.2) is 22.9 Å². The average molecular weight is 175 g/mol. The molecule has 3 heteroatoms. The fourth-order valence-corrected chi connectivity index (χ4v) is 1.76. The summed E-state index contributed by atoms with van der Waals surface area (Å²) in [7, 11) is 0. The van der Waals surface area contributed by atoms with E-state index < -0.39 is 11.3 Å². The predicted octanol–water partition coefficient (Wildman–Crippen LogP) is 1.37. The maximum absolute atomic E-state index is 13.3. The molecular formula is C9H18FNO. The highest BCUT2D eigenvalue weighted by Gasteiger charge is 2.38. The lowest BCUT2D eigenvalue weighted by Crippen LogP contribution is -2.40. The maximum atomic E-state index is 13.3. The Morgan fingerprint density at radius 2 is 1.83 bits per heavy atom. The molecule has 0 aliphatic heterocycles. The van der Waals surface area contributed by atoms with Gasteiger partial charge in [0.05, 0.1) is 5.60 Å². The third-order valence-corrected chi connectivity index (χ3v) is 2.83. The molecule has 0 radical (unpaired) electrons. The topological polar surface area (TPSA) is 46.2 Å². The summed E-state index contributed by atoms with van der Waals surface area (Å²) >= 11 is 0. The average Bonchev–Trinajstić information content (AvgIpc) is 1.98. The van der Waals surface area contributed by atoms with Crippen LogP contribution in [0.5, 0.6) is 0 Å². The van der Waals surface area contributed by atoms with Gasteiger partial charge in [-0.15, -0.1) is 0 Å². The molecule has 1 rings (SSSR count). The molecule has 0 spiro atoms. The summed E-state index contributed by atoms with van der Waals surface area (Å²) < 4.78 is 13.3. The van der Waals surface area contributed by atoms with Crippen molar-refractivity contribution in [2.45, 2.75) is 50.3 Å². The zero-order valence-electron chi connectivity index (χ0n) is 7.65. The van der Waals surface area contributed by atoms with Crippen molar-refractivity contribution in [2.24, 2.45) is 5.73 Å². The Morgan fingerprint density at radius 3 is 2.25 bits per heavy atom. The third-order valence-electron chi connectivity index (χ3n) is 2.83. The molecule has 1 fully saturated rings. The minimum absolute atomic E-state index is 0.462. The molecule has 1 aliphatic rings. The molecule has 0 saturated heterocycles. The number of rotatable bonds is 2. The fourth-order valence-electron chi connectivity index (χ4n) is 1.76. The Hall–Kier alpha value is -0.150. The molecule has 0 atom stereocenters. The van der Waals surface area contributed by atoms with Gasteiger partial charge in [-0.3, -0.25) is 0 Å². The summed E-state index contributed by atoms with van der Waals surface area (Å²) in [6, 6.07) is 0. The van der Waals surface area contributed by atoms with E-state index in [2.05, 4.69) is 0 Å². The van der Waals surface area contributed by atoms with Gasteiger partial charge in [0.15, 0.2) is 0 Å². The van der Waals surface area contributed by atoms with E-state index in [1.165, 1.54) is 0 Å². The van der Waals surface area contributed by atoms with Gasteiger partial charge >= 0.3 is 0 Å². The van der Waals surface area contributed by atoms with Crippen molar-refractivity contribution in [3.05, 3.63) is 0 Å². The molecule has 1 saturated carbocycles. The zero-order chi connectivity index (χ0) is 9.24. The highest BCUT2D eigenvalue weighted by atomic mass is 19.1. The lowest BCUT2D eigenvalue weighted by atomic mass is 9.76. The molecule has 2 nitrogen and oxygen atoms in total. The van der Waals surface area contributed by atoms with Gasteiger partial charge in [0.2, 0.25) is 0 Å². The van der Waals surface area contributed by atoms with Crippen LogP contribution in [0.2, 0.25) is 0 Å². The van der Waals surface area contributed by atoms with Crippen LogP contribution in [0.3, 0.4) is 0 Å². The predicted molar refractivity (Wildman–Crippen MR) is 46.6 cm³/mol. The molecule has 3 N–H and O–H groups in total. The fraction of sp³-hybridized carbons (Fsp3) is 1.00. The monoisotopic (exact) mass is 175 g/mol. The van der Waals surface area contributed by atoms with Crippen molar-refractivity contribution in [3.8, 4) is 0 Å². The first-order valence-electron chi connectivity index (χ1n) is 4.59. The summed E-state index contributed by atoms with van der Waals surface area (Å²) in [4.78, 5) is 0. The Kier molecular flexibility index (Phi) is 2.74. The minimum atomic E-state index is -1.07. The molecule has 0 aromatic carbocycles. The van der Waals surface area contributed by atoms with Crippen LogP contribution in [0.1, 0.15) is 39.0 Å². The maximum Gasteiger partial charge on any atom is 0.108 e. The SMILES string of the molecule is CC1(F)CCC(O)(CCN)CC1. The van der Waals surface area contributed by atoms with E-state index in [0.29, 0.717) is 38.6 Å². The van der Waals surface area contributed by atoms with Crippen molar-refractivity contribution in [3.63, 3.8) is 0 Å². The van der Waals surface area contributed by atoms with E-state index in [1.807, 2.05) is 0 Å². The van der Waals surface area contributed by atoms with E-state index in [1.54, 1.807) is 6.92 Å². The zero-order valence-corrected chi connectivity index (χ0v) is 7.65. The van der Waals surface area contributed by atoms with Gasteiger partial charge in [0, 0.05) is 0 Å². The molecule has 0 unspecified atom stereocenters. The molecule has 12 heavy (non-hydrogen) atoms. The summed E-state index contributed by atoms with van der Waals surface area (Å²) in [5.74, 6) is 0. The van der Waals surface area contributed by atoms with E-state index in [4.69, 9.17) is 5.73 Å². The van der Waals surface area contributed by atoms with E-state index >= 15 is 0 Å². The standard InChI is InChI=1S/C9H18FNO/c1-8(10)2-4-9(12,5-3-8)6-7-11/h12H,2-7,11H2,1H3. The largest absolute Gasteiger partial charge is 0.390 e. The van der Waals surface area contributed by atoms with Crippen LogP contribution in [0.25, 0.3) is 0 Å². The molecule has 0 heterocycles. The second kappa shape index (κ2) is 3.30. The number of halogens is 1. The van der Waals surface area contributed by atoms with Gasteiger partial charge in [-0.05, 0) is 45.6 Å². The number of hydrogen-bond donors (Lipinski definition) is 2. The quantitative estimate of drug-likeness (QED) is 0.665. The molecule has 0 amide bonds. The van der Waals surface area contributed by atoms with Crippen LogP contribution >= 0.6 is 0 Å². The smallest absolute Gasteiger partial charge is 0.108 e. The summed E-state index contributed by atoms with van der Waals surface area (Å²) in [6.45, 7) is 2.09. The summed E-state index contributed by atoms with van der Waals surface area (Å²) in [6.07, 6.45) is 2.63. The molecular weight excluding hydrogens is 157 g/mol. The van der Waals surface area contributed by atoms with Crippen molar-refractivity contribution in [1.29, 1.82) is 0 Å². The number of alkyl halides is 1. The van der Waals surface area contributed by atoms with Crippen LogP contribution in [0.4, 0.5) is 4.39 Å². The normalized spacial score (nSPS) is 43.0. The first-order valence-corrected chi connectivity index (χ1v) is 4.59. The second-order valence-electron chi connectivity index (χ2n) is 4.18. The lowest BCUT2D eigenvalue weighted by Gasteiger charge is -2.37. The Bertz CT molecular complexity index is 149. The lowest BCUT2D eigenvalue weighted by molar-refractivity contribution is -0.0436. The van der Waals surface area contributed by atoms with Crippen LogP contribution < -0.4 is 5.73 Å². The molecule has 1 aliphatic carbocycles. The van der Waals surface area contributed by atoms with Gasteiger partial charge in [0.25, 0.3) is 0 Å². The highest BCUT2D eigenvalue weighted by Crippen LogP contribution is 2.38. The molecule has 0 aromatic rings. The first-order chi connectivity index (χ1) is 5.47. The third kappa shape index (κ3) is 2.42. The first kappa shape index (κ1) is 9.93. The Labute approximate surface area is 73.0 Å². The van der Waals surface area contributed by atoms with Gasteiger partial charge in [-0.1, -0.05) is 0 Å². The van der Waals surface area contributed by atoms with Gasteiger partial charge < -0.3 is 10.8 Å². The minimum Gasteiger partial charge on any atom is -0.390 e. The van der Waals surface area contributed by atoms with Gasteiger partial charge in [-0.2, -0.15) is 0 Å². The van der Waals surface area contributed by atoms with Crippen LogP contribution in [-0.2, 0) is 0 Å². The van der Waals surface area contributed by atoms with Gasteiger partial charge in [0.1, 0.15) is 5.67 Å². The van der Waals surface area contributed by atoms with Crippen molar-refractivity contribution >= 4 is 0 Å². The van der Waals surface area contributed by atoms with Crippen molar-refractivity contribution in [1.82, 2.24) is 0 Å². The number of hydrogen-bond acceptors (Lipinski definition) is 2. The second-order valence-corrected chi connectivity index (χ2v) is 4.18. The molecule has 0 bridgehead atoms. The highest BCUT2D eigenvalue weighted by molar-refractivity contribution is 4.91. The number of nitrogens with two attached hydrogens (primary N) is 1. The Balaban J connectivity index is 2.44. The van der Waals surface area contributed by atoms with Crippen LogP contribution in [0.15, 0.2) is 0 Å². The van der Waals surface area contributed by atoms with E-state index in [0.717, 1.165) is 0 Å². The van der Waals surface area contributed by atoms with Crippen molar-refractivity contribution in [2.75, 3.05) is 6.54 Å². The number of aliphatic hydroxyl groups is 1. The molecule has 0 aromatic heterocycles. The van der Waals surface area contributed by atoms with Gasteiger partial charge in [-0.25, -0.2) is 4.39 Å². The van der Waals surface area contributed by atoms with Crippen LogP contribution in [0, 0.1) is 0 Å². The summed E-state index contributed by atoms with van der Waals surface area (Å²) in [5, 5.41) is 9.86. The van der Waals surface area contributed by atoms with Crippen molar-refractivity contribution < 1.29 is 9.50 Å². The Morgan fingerprint density at radius 1 is 1.33 bits per heavy atom. The molecule has 72 valence electrons. The van der Waals surface area contributed by atoms with E-state index in [9.17, 15) is 9.50 Å². The van der Waals surface area contributed by atoms with E-state index in [-0.39, 0.29) is 0 Å². The summed E-state index contributed by atoms with van der Waals surface area (Å²) in [5.41, 5.74) is 3.61.